The van der Waals surface area contributed by atoms with Gasteiger partial charge in [-0.15, -0.1) is 0 Å². The molecule has 116 valence electrons. The number of H-pyrrole nitrogens is 1. The van der Waals surface area contributed by atoms with E-state index in [1.165, 1.54) is 12.1 Å². The van der Waals surface area contributed by atoms with Gasteiger partial charge in [0.05, 0.1) is 0 Å². The van der Waals surface area contributed by atoms with Crippen molar-refractivity contribution in [3.05, 3.63) is 46.2 Å². The van der Waals surface area contributed by atoms with Crippen molar-refractivity contribution in [1.82, 2.24) is 20.1 Å². The molecule has 0 aliphatic heterocycles. The van der Waals surface area contributed by atoms with E-state index < -0.39 is 0 Å². The number of benzene rings is 1. The van der Waals surface area contributed by atoms with E-state index in [9.17, 15) is 9.18 Å². The molecule has 0 unspecified atom stereocenters. The number of amides is 1. The average molecular weight is 320 g/mol. The minimum Gasteiger partial charge on any atom is -0.355 e. The molecule has 1 fully saturated rings. The summed E-state index contributed by atoms with van der Waals surface area (Å²) in [5.74, 6) is 0.815. The zero-order valence-corrected chi connectivity index (χ0v) is 13.0. The van der Waals surface area contributed by atoms with E-state index >= 15 is 0 Å². The monoisotopic (exact) mass is 320 g/mol. The van der Waals surface area contributed by atoms with Crippen LogP contribution in [-0.2, 0) is 18.3 Å². The summed E-state index contributed by atoms with van der Waals surface area (Å²) in [6.45, 7) is 0.527. The molecule has 1 aliphatic carbocycles. The molecular formula is C15H17FN4OS. The van der Waals surface area contributed by atoms with Crippen LogP contribution in [0.25, 0.3) is 0 Å². The number of carbonyl (C=O) groups is 1. The van der Waals surface area contributed by atoms with Gasteiger partial charge in [0.15, 0.2) is 4.77 Å². The van der Waals surface area contributed by atoms with Gasteiger partial charge in [-0.3, -0.25) is 9.89 Å². The molecule has 0 radical (unpaired) electrons. The Morgan fingerprint density at radius 3 is 2.86 bits per heavy atom. The molecule has 2 aromatic rings. The van der Waals surface area contributed by atoms with Gasteiger partial charge in [0.25, 0.3) is 0 Å². The van der Waals surface area contributed by atoms with E-state index in [0.29, 0.717) is 17.7 Å². The van der Waals surface area contributed by atoms with Gasteiger partial charge >= 0.3 is 0 Å². The summed E-state index contributed by atoms with van der Waals surface area (Å²) in [5, 5.41) is 9.74. The molecule has 2 atom stereocenters. The van der Waals surface area contributed by atoms with Crippen LogP contribution in [0, 0.1) is 16.5 Å². The van der Waals surface area contributed by atoms with Crippen LogP contribution in [0.4, 0.5) is 4.39 Å². The maximum absolute atomic E-state index is 12.9. The normalized spacial score (nSPS) is 19.9. The van der Waals surface area contributed by atoms with Gasteiger partial charge in [0.1, 0.15) is 11.6 Å². The van der Waals surface area contributed by atoms with Crippen molar-refractivity contribution in [2.24, 2.45) is 13.0 Å². The molecule has 1 aromatic heterocycles. The Labute approximate surface area is 132 Å². The topological polar surface area (TPSA) is 62.7 Å². The number of nitrogens with zero attached hydrogens (tertiary/aromatic N) is 2. The zero-order chi connectivity index (χ0) is 15.7. The van der Waals surface area contributed by atoms with Crippen LogP contribution in [-0.4, -0.2) is 27.2 Å². The molecule has 5 nitrogen and oxygen atoms in total. The second-order valence-electron chi connectivity index (χ2n) is 5.55. The lowest BCUT2D eigenvalue weighted by Gasteiger charge is -2.05. The van der Waals surface area contributed by atoms with Gasteiger partial charge < -0.3 is 9.88 Å². The van der Waals surface area contributed by atoms with E-state index in [1.807, 2.05) is 7.05 Å². The number of aromatic nitrogens is 3. The van der Waals surface area contributed by atoms with Crippen LogP contribution in [0.1, 0.15) is 23.7 Å². The van der Waals surface area contributed by atoms with Gasteiger partial charge in [-0.1, -0.05) is 12.1 Å². The van der Waals surface area contributed by atoms with Crippen molar-refractivity contribution in [1.29, 1.82) is 0 Å². The lowest BCUT2D eigenvalue weighted by molar-refractivity contribution is -0.122. The Bertz CT molecular complexity index is 737. The summed E-state index contributed by atoms with van der Waals surface area (Å²) < 4.78 is 15.3. The van der Waals surface area contributed by atoms with Crippen molar-refractivity contribution in [3.63, 3.8) is 0 Å². The van der Waals surface area contributed by atoms with Gasteiger partial charge in [0, 0.05) is 25.9 Å². The smallest absolute Gasteiger partial charge is 0.223 e. The van der Waals surface area contributed by atoms with Crippen molar-refractivity contribution < 1.29 is 9.18 Å². The zero-order valence-electron chi connectivity index (χ0n) is 12.2. The first-order chi connectivity index (χ1) is 10.6. The lowest BCUT2D eigenvalue weighted by Crippen LogP contribution is -2.28. The third-order valence-electron chi connectivity index (χ3n) is 4.05. The average Bonchev–Trinajstić information content (AvgIpc) is 3.24. The van der Waals surface area contributed by atoms with Crippen LogP contribution in [0.3, 0.4) is 0 Å². The van der Waals surface area contributed by atoms with Crippen molar-refractivity contribution in [2.45, 2.75) is 18.8 Å². The fourth-order valence-corrected chi connectivity index (χ4v) is 2.75. The fourth-order valence-electron chi connectivity index (χ4n) is 2.59. The highest BCUT2D eigenvalue weighted by Gasteiger charge is 2.43. The predicted molar refractivity (Wildman–Crippen MR) is 82.4 cm³/mol. The van der Waals surface area contributed by atoms with Crippen molar-refractivity contribution >= 4 is 18.1 Å². The first kappa shape index (κ1) is 14.9. The highest BCUT2D eigenvalue weighted by atomic mass is 32.1. The van der Waals surface area contributed by atoms with Crippen LogP contribution in [0.2, 0.25) is 0 Å². The van der Waals surface area contributed by atoms with Crippen molar-refractivity contribution in [2.75, 3.05) is 6.54 Å². The highest BCUT2D eigenvalue weighted by molar-refractivity contribution is 7.71. The first-order valence-electron chi connectivity index (χ1n) is 7.19. The SMILES string of the molecule is Cn1c(CCNC(=O)[C@H]2C[C@H]2c2ccc(F)cc2)n[nH]c1=S. The number of nitrogens with one attached hydrogen (secondary N) is 2. The van der Waals surface area contributed by atoms with E-state index in [4.69, 9.17) is 12.2 Å². The number of rotatable bonds is 5. The summed E-state index contributed by atoms with van der Waals surface area (Å²) in [7, 11) is 1.84. The predicted octanol–water partition coefficient (Wildman–Crippen LogP) is 2.08. The van der Waals surface area contributed by atoms with Crippen LogP contribution in [0.15, 0.2) is 24.3 Å². The van der Waals surface area contributed by atoms with E-state index in [0.717, 1.165) is 17.8 Å². The molecule has 1 aliphatic rings. The maximum Gasteiger partial charge on any atom is 0.223 e. The summed E-state index contributed by atoms with van der Waals surface area (Å²) in [5.41, 5.74) is 1.02. The molecule has 3 rings (SSSR count). The first-order valence-corrected chi connectivity index (χ1v) is 7.60. The third-order valence-corrected chi connectivity index (χ3v) is 4.41. The summed E-state index contributed by atoms with van der Waals surface area (Å²) >= 11 is 5.04. The molecule has 0 bridgehead atoms. The van der Waals surface area contributed by atoms with Gasteiger partial charge in [-0.25, -0.2) is 4.39 Å². The van der Waals surface area contributed by atoms with E-state index in [-0.39, 0.29) is 23.6 Å². The fraction of sp³-hybridized carbons (Fsp3) is 0.400. The Morgan fingerprint density at radius 2 is 2.23 bits per heavy atom. The van der Waals surface area contributed by atoms with Gasteiger partial charge in [0.2, 0.25) is 5.91 Å². The molecule has 1 aromatic carbocycles. The van der Waals surface area contributed by atoms with Crippen molar-refractivity contribution in [3.8, 4) is 0 Å². The van der Waals surface area contributed by atoms with Gasteiger partial charge in [-0.2, -0.15) is 5.10 Å². The van der Waals surface area contributed by atoms with E-state index in [1.54, 1.807) is 16.7 Å². The van der Waals surface area contributed by atoms with E-state index in [2.05, 4.69) is 15.5 Å². The number of hydrogen-bond acceptors (Lipinski definition) is 3. The van der Waals surface area contributed by atoms with Crippen LogP contribution < -0.4 is 5.32 Å². The molecule has 7 heteroatoms. The molecule has 2 N–H and O–H groups in total. The minimum absolute atomic E-state index is 0.00657. The number of halogens is 1. The second-order valence-corrected chi connectivity index (χ2v) is 5.93. The molecular weight excluding hydrogens is 303 g/mol. The molecule has 0 saturated heterocycles. The minimum atomic E-state index is -0.251. The highest BCUT2D eigenvalue weighted by Crippen LogP contribution is 2.47. The Hall–Kier alpha value is -2.02. The molecule has 1 saturated carbocycles. The number of aromatic amines is 1. The summed E-state index contributed by atoms with van der Waals surface area (Å²) in [6.07, 6.45) is 1.45. The maximum atomic E-state index is 12.9. The van der Waals surface area contributed by atoms with Gasteiger partial charge in [-0.05, 0) is 42.3 Å². The quantitative estimate of drug-likeness (QED) is 0.829. The number of carbonyl (C=O) groups excluding carboxylic acids is 1. The molecule has 22 heavy (non-hydrogen) atoms. The number of hydrogen-bond donors (Lipinski definition) is 2. The molecule has 1 amide bonds. The standard InChI is InChI=1S/C15H17FN4OS/c1-20-13(18-19-15(20)22)6-7-17-14(21)12-8-11(12)9-2-4-10(16)5-3-9/h2-5,11-12H,6-8H2,1H3,(H,17,21)(H,19,22)/t11-,12-/m0/s1. The third kappa shape index (κ3) is 3.09. The largest absolute Gasteiger partial charge is 0.355 e. The van der Waals surface area contributed by atoms with Crippen LogP contribution >= 0.6 is 12.2 Å². The Morgan fingerprint density at radius 1 is 1.50 bits per heavy atom. The Balaban J connectivity index is 1.48. The lowest BCUT2D eigenvalue weighted by atomic mass is 10.1. The second kappa shape index (κ2) is 6.00. The Kier molecular flexibility index (Phi) is 4.06. The molecule has 0 spiro atoms. The summed E-state index contributed by atoms with van der Waals surface area (Å²) in [4.78, 5) is 12.1. The molecule has 1 heterocycles. The summed E-state index contributed by atoms with van der Waals surface area (Å²) in [6, 6.07) is 6.38. The van der Waals surface area contributed by atoms with Crippen LogP contribution in [0.5, 0.6) is 0 Å².